The molecule has 4 rings (SSSR count). The number of rotatable bonds is 5. The summed E-state index contributed by atoms with van der Waals surface area (Å²) in [6.07, 6.45) is -3.29. The molecule has 1 amide bonds. The monoisotopic (exact) mass is 470 g/mol. The van der Waals surface area contributed by atoms with Crippen LogP contribution in [0.2, 0.25) is 0 Å². The van der Waals surface area contributed by atoms with Crippen molar-refractivity contribution in [1.82, 2.24) is 4.98 Å². The topological polar surface area (TPSA) is 42.4 Å². The lowest BCUT2D eigenvalue weighted by Crippen LogP contribution is -2.27. The second-order valence-corrected chi connectivity index (χ2v) is 7.06. The summed E-state index contributed by atoms with van der Waals surface area (Å²) in [5.74, 6) is -3.07. The van der Waals surface area contributed by atoms with Gasteiger partial charge in [0.25, 0.3) is 5.91 Å². The highest BCUT2D eigenvalue weighted by Crippen LogP contribution is 2.35. The number of amides is 1. The number of para-hydroxylation sites is 1. The molecule has 4 nitrogen and oxygen atoms in total. The average Bonchev–Trinajstić information content (AvgIpc) is 2.81. The zero-order valence-electron chi connectivity index (χ0n) is 17.3. The Morgan fingerprint density at radius 3 is 2.32 bits per heavy atom. The van der Waals surface area contributed by atoms with Gasteiger partial charge >= 0.3 is 6.18 Å². The SMILES string of the molecule is O=C(c1cccnc1Oc1cccc(C(F)(F)F)c1)N(c1ccccc1)c1ccc(F)cc1F. The van der Waals surface area contributed by atoms with E-state index < -0.39 is 29.3 Å². The van der Waals surface area contributed by atoms with Gasteiger partial charge in [0.2, 0.25) is 5.88 Å². The zero-order chi connectivity index (χ0) is 24.3. The van der Waals surface area contributed by atoms with E-state index >= 15 is 0 Å². The Bertz CT molecular complexity index is 1330. The van der Waals surface area contributed by atoms with Crippen molar-refractivity contribution in [1.29, 1.82) is 0 Å². The minimum atomic E-state index is -4.59. The second kappa shape index (κ2) is 9.30. The molecule has 0 saturated heterocycles. The molecule has 34 heavy (non-hydrogen) atoms. The number of nitrogens with zero attached hydrogens (tertiary/aromatic N) is 2. The van der Waals surface area contributed by atoms with Gasteiger partial charge in [-0.05, 0) is 54.6 Å². The molecule has 1 heterocycles. The van der Waals surface area contributed by atoms with E-state index in [-0.39, 0.29) is 28.6 Å². The Morgan fingerprint density at radius 2 is 1.62 bits per heavy atom. The number of hydrogen-bond acceptors (Lipinski definition) is 3. The maximum absolute atomic E-state index is 14.7. The van der Waals surface area contributed by atoms with E-state index in [1.54, 1.807) is 30.3 Å². The number of hydrogen-bond donors (Lipinski definition) is 0. The molecule has 0 bridgehead atoms. The zero-order valence-corrected chi connectivity index (χ0v) is 17.3. The number of pyridine rings is 1. The maximum atomic E-state index is 14.7. The van der Waals surface area contributed by atoms with Gasteiger partial charge in [0.1, 0.15) is 22.9 Å². The number of halogens is 5. The van der Waals surface area contributed by atoms with Crippen LogP contribution in [0, 0.1) is 11.6 Å². The summed E-state index contributed by atoms with van der Waals surface area (Å²) in [5.41, 5.74) is -1.04. The van der Waals surface area contributed by atoms with Crippen molar-refractivity contribution in [2.45, 2.75) is 6.18 Å². The first-order valence-electron chi connectivity index (χ1n) is 9.89. The molecule has 4 aromatic rings. The molecule has 1 aromatic heterocycles. The Morgan fingerprint density at radius 1 is 0.853 bits per heavy atom. The van der Waals surface area contributed by atoms with Gasteiger partial charge in [-0.3, -0.25) is 9.69 Å². The van der Waals surface area contributed by atoms with E-state index in [4.69, 9.17) is 4.74 Å². The van der Waals surface area contributed by atoms with Crippen molar-refractivity contribution in [3.05, 3.63) is 114 Å². The minimum Gasteiger partial charge on any atom is -0.438 e. The third kappa shape index (κ3) is 4.88. The van der Waals surface area contributed by atoms with E-state index in [1.807, 2.05) is 0 Å². The van der Waals surface area contributed by atoms with Crippen LogP contribution in [0.15, 0.2) is 91.1 Å². The van der Waals surface area contributed by atoms with Crippen molar-refractivity contribution in [3.63, 3.8) is 0 Å². The first-order chi connectivity index (χ1) is 16.2. The number of ether oxygens (including phenoxy) is 1. The van der Waals surface area contributed by atoms with E-state index in [2.05, 4.69) is 4.98 Å². The van der Waals surface area contributed by atoms with Gasteiger partial charge in [0.05, 0.1) is 11.3 Å². The molecule has 0 fully saturated rings. The number of benzene rings is 3. The van der Waals surface area contributed by atoms with Crippen molar-refractivity contribution in [2.24, 2.45) is 0 Å². The Hall–Kier alpha value is -4.27. The molecule has 3 aromatic carbocycles. The third-order valence-corrected chi connectivity index (χ3v) is 4.75. The fourth-order valence-electron chi connectivity index (χ4n) is 3.21. The highest BCUT2D eigenvalue weighted by Gasteiger charge is 2.31. The summed E-state index contributed by atoms with van der Waals surface area (Å²) in [6.45, 7) is 0. The van der Waals surface area contributed by atoms with Crippen molar-refractivity contribution in [2.75, 3.05) is 4.90 Å². The van der Waals surface area contributed by atoms with Crippen LogP contribution in [-0.4, -0.2) is 10.9 Å². The van der Waals surface area contributed by atoms with E-state index in [0.717, 1.165) is 35.2 Å². The molecule has 0 N–H and O–H groups in total. The Kier molecular flexibility index (Phi) is 6.27. The minimum absolute atomic E-state index is 0.146. The molecular weight excluding hydrogens is 455 g/mol. The first kappa shape index (κ1) is 22.9. The molecule has 172 valence electrons. The van der Waals surface area contributed by atoms with Gasteiger partial charge in [-0.15, -0.1) is 0 Å². The largest absolute Gasteiger partial charge is 0.438 e. The normalized spacial score (nSPS) is 11.2. The molecule has 9 heteroatoms. The summed E-state index contributed by atoms with van der Waals surface area (Å²) < 4.78 is 72.9. The van der Waals surface area contributed by atoms with Crippen molar-refractivity contribution >= 4 is 17.3 Å². The van der Waals surface area contributed by atoms with E-state index in [0.29, 0.717) is 6.07 Å². The van der Waals surface area contributed by atoms with Crippen LogP contribution in [0.5, 0.6) is 11.6 Å². The smallest absolute Gasteiger partial charge is 0.416 e. The van der Waals surface area contributed by atoms with E-state index in [1.165, 1.54) is 24.4 Å². The molecule has 0 aliphatic carbocycles. The van der Waals surface area contributed by atoms with Crippen LogP contribution < -0.4 is 9.64 Å². The predicted molar refractivity (Wildman–Crippen MR) is 115 cm³/mol. The maximum Gasteiger partial charge on any atom is 0.416 e. The number of aromatic nitrogens is 1. The van der Waals surface area contributed by atoms with Gasteiger partial charge < -0.3 is 4.74 Å². The molecule has 0 atom stereocenters. The van der Waals surface area contributed by atoms with Crippen LogP contribution in [0.4, 0.5) is 33.3 Å². The van der Waals surface area contributed by atoms with Crippen molar-refractivity contribution < 1.29 is 31.5 Å². The van der Waals surface area contributed by atoms with Gasteiger partial charge in [0.15, 0.2) is 0 Å². The van der Waals surface area contributed by atoms with Crippen LogP contribution in [-0.2, 0) is 6.18 Å². The third-order valence-electron chi connectivity index (χ3n) is 4.75. The molecule has 0 saturated carbocycles. The predicted octanol–water partition coefficient (Wildman–Crippen LogP) is 7.15. The Balaban J connectivity index is 1.77. The molecule has 0 unspecified atom stereocenters. The van der Waals surface area contributed by atoms with E-state index in [9.17, 15) is 26.7 Å². The molecular formula is C25H15F5N2O2. The molecule has 0 aliphatic rings. The highest BCUT2D eigenvalue weighted by atomic mass is 19.4. The molecule has 0 aliphatic heterocycles. The fraction of sp³-hybridized carbons (Fsp3) is 0.0400. The van der Waals surface area contributed by atoms with Gasteiger partial charge in [0, 0.05) is 18.0 Å². The lowest BCUT2D eigenvalue weighted by Gasteiger charge is -2.24. The number of anilines is 2. The standard InChI is InChI=1S/C25H15F5N2O2/c26-17-11-12-22(21(27)15-17)32(18-7-2-1-3-8-18)24(33)20-10-5-13-31-23(20)34-19-9-4-6-16(14-19)25(28,29)30/h1-15H. The number of alkyl halides is 3. The summed E-state index contributed by atoms with van der Waals surface area (Å²) >= 11 is 0. The first-order valence-corrected chi connectivity index (χ1v) is 9.89. The highest BCUT2D eigenvalue weighted by molar-refractivity contribution is 6.12. The van der Waals surface area contributed by atoms with Gasteiger partial charge in [-0.2, -0.15) is 13.2 Å². The van der Waals surface area contributed by atoms with Crippen LogP contribution in [0.3, 0.4) is 0 Å². The van der Waals surface area contributed by atoms with Gasteiger partial charge in [-0.1, -0.05) is 24.3 Å². The summed E-state index contributed by atoms with van der Waals surface area (Å²) in [5, 5.41) is 0. The summed E-state index contributed by atoms with van der Waals surface area (Å²) in [7, 11) is 0. The number of carbonyl (C=O) groups excluding carboxylic acids is 1. The lowest BCUT2D eigenvalue weighted by molar-refractivity contribution is -0.137. The van der Waals surface area contributed by atoms with Gasteiger partial charge in [-0.25, -0.2) is 13.8 Å². The molecule has 0 spiro atoms. The lowest BCUT2D eigenvalue weighted by atomic mass is 10.1. The molecule has 0 radical (unpaired) electrons. The summed E-state index contributed by atoms with van der Waals surface area (Å²) in [6, 6.07) is 17.7. The number of carbonyl (C=O) groups is 1. The fourth-order valence-corrected chi connectivity index (χ4v) is 3.21. The summed E-state index contributed by atoms with van der Waals surface area (Å²) in [4.78, 5) is 18.6. The second-order valence-electron chi connectivity index (χ2n) is 7.06. The quantitative estimate of drug-likeness (QED) is 0.291. The van der Waals surface area contributed by atoms with Crippen molar-refractivity contribution in [3.8, 4) is 11.6 Å². The van der Waals surface area contributed by atoms with Crippen LogP contribution in [0.25, 0.3) is 0 Å². The Labute approximate surface area is 190 Å². The van der Waals surface area contributed by atoms with Crippen LogP contribution in [0.1, 0.15) is 15.9 Å². The van der Waals surface area contributed by atoms with Crippen LogP contribution >= 0.6 is 0 Å². The average molecular weight is 470 g/mol.